The second-order valence-corrected chi connectivity index (χ2v) is 4.93. The van der Waals surface area contributed by atoms with E-state index in [-0.39, 0.29) is 0 Å². The molecule has 0 aliphatic rings. The van der Waals surface area contributed by atoms with Crippen LogP contribution in [0.5, 0.6) is 11.6 Å². The van der Waals surface area contributed by atoms with Gasteiger partial charge in [0.2, 0.25) is 5.88 Å². The molecule has 4 nitrogen and oxygen atoms in total. The van der Waals surface area contributed by atoms with Crippen molar-refractivity contribution >= 4 is 5.69 Å². The van der Waals surface area contributed by atoms with Crippen molar-refractivity contribution in [2.24, 2.45) is 0 Å². The highest BCUT2D eigenvalue weighted by Gasteiger charge is 2.15. The number of anilines is 1. The maximum Gasteiger partial charge on any atom is 0.241 e. The number of ether oxygens (including phenoxy) is 1. The van der Waals surface area contributed by atoms with Crippen LogP contribution >= 0.6 is 0 Å². The van der Waals surface area contributed by atoms with Crippen LogP contribution in [0.3, 0.4) is 0 Å². The zero-order valence-corrected chi connectivity index (χ0v) is 12.2. The number of hydrogen-bond donors (Lipinski definition) is 1. The van der Waals surface area contributed by atoms with E-state index in [9.17, 15) is 0 Å². The van der Waals surface area contributed by atoms with Crippen LogP contribution in [0, 0.1) is 27.7 Å². The van der Waals surface area contributed by atoms with Crippen molar-refractivity contribution in [2.75, 3.05) is 5.73 Å². The van der Waals surface area contributed by atoms with Crippen LogP contribution in [-0.4, -0.2) is 9.78 Å². The Morgan fingerprint density at radius 3 is 2.53 bits per heavy atom. The Labute approximate surface area is 114 Å². The van der Waals surface area contributed by atoms with Crippen LogP contribution in [0.15, 0.2) is 12.1 Å². The van der Waals surface area contributed by atoms with E-state index in [0.29, 0.717) is 11.6 Å². The number of aromatic nitrogens is 2. The van der Waals surface area contributed by atoms with Crippen molar-refractivity contribution in [2.45, 2.75) is 41.2 Å². The molecule has 1 aromatic carbocycles. The number of benzene rings is 1. The fourth-order valence-electron chi connectivity index (χ4n) is 2.11. The van der Waals surface area contributed by atoms with Gasteiger partial charge in [0.25, 0.3) is 0 Å². The van der Waals surface area contributed by atoms with Gasteiger partial charge in [0.1, 0.15) is 11.4 Å². The maximum absolute atomic E-state index is 6.04. The lowest BCUT2D eigenvalue weighted by Crippen LogP contribution is -2.02. The summed E-state index contributed by atoms with van der Waals surface area (Å²) < 4.78 is 7.81. The molecule has 0 atom stereocenters. The average Bonchev–Trinajstić information content (AvgIpc) is 2.63. The Hall–Kier alpha value is -1.97. The molecule has 2 aromatic rings. The quantitative estimate of drug-likeness (QED) is 0.917. The SMILES string of the molecule is CCn1nc(C)c(N)c1Oc1cc(C)cc(C)c1C. The van der Waals surface area contributed by atoms with Crippen molar-refractivity contribution in [3.63, 3.8) is 0 Å². The van der Waals surface area contributed by atoms with Crippen LogP contribution in [0.2, 0.25) is 0 Å². The maximum atomic E-state index is 6.04. The number of aryl methyl sites for hydroxylation is 4. The van der Waals surface area contributed by atoms with E-state index >= 15 is 0 Å². The van der Waals surface area contributed by atoms with Gasteiger partial charge in [0.15, 0.2) is 0 Å². The summed E-state index contributed by atoms with van der Waals surface area (Å²) >= 11 is 0. The molecule has 0 aliphatic carbocycles. The normalized spacial score (nSPS) is 10.8. The molecule has 2 rings (SSSR count). The second-order valence-electron chi connectivity index (χ2n) is 4.93. The highest BCUT2D eigenvalue weighted by atomic mass is 16.5. The van der Waals surface area contributed by atoms with Gasteiger partial charge >= 0.3 is 0 Å². The first-order valence-electron chi connectivity index (χ1n) is 6.52. The lowest BCUT2D eigenvalue weighted by molar-refractivity contribution is 0.415. The van der Waals surface area contributed by atoms with E-state index < -0.39 is 0 Å². The molecule has 1 heterocycles. The summed E-state index contributed by atoms with van der Waals surface area (Å²) in [5.41, 5.74) is 11.0. The summed E-state index contributed by atoms with van der Waals surface area (Å²) in [7, 11) is 0. The van der Waals surface area contributed by atoms with E-state index in [1.807, 2.05) is 19.9 Å². The average molecular weight is 259 g/mol. The Kier molecular flexibility index (Phi) is 3.51. The van der Waals surface area contributed by atoms with Gasteiger partial charge in [0.05, 0.1) is 5.69 Å². The molecule has 0 bridgehead atoms. The number of hydrogen-bond acceptors (Lipinski definition) is 3. The summed E-state index contributed by atoms with van der Waals surface area (Å²) in [6, 6.07) is 4.18. The van der Waals surface area contributed by atoms with E-state index in [4.69, 9.17) is 10.5 Å². The molecule has 0 radical (unpaired) electrons. The van der Waals surface area contributed by atoms with Crippen molar-refractivity contribution in [3.8, 4) is 11.6 Å². The van der Waals surface area contributed by atoms with Crippen LogP contribution in [0.1, 0.15) is 29.3 Å². The third kappa shape index (κ3) is 2.43. The second kappa shape index (κ2) is 4.96. The smallest absolute Gasteiger partial charge is 0.241 e. The number of rotatable bonds is 3. The van der Waals surface area contributed by atoms with Gasteiger partial charge < -0.3 is 10.5 Å². The zero-order chi connectivity index (χ0) is 14.2. The van der Waals surface area contributed by atoms with E-state index in [1.165, 1.54) is 11.1 Å². The van der Waals surface area contributed by atoms with E-state index in [0.717, 1.165) is 23.6 Å². The van der Waals surface area contributed by atoms with Crippen LogP contribution in [0.25, 0.3) is 0 Å². The van der Waals surface area contributed by atoms with Crippen molar-refractivity contribution in [3.05, 3.63) is 34.5 Å². The third-order valence-corrected chi connectivity index (χ3v) is 3.40. The highest BCUT2D eigenvalue weighted by Crippen LogP contribution is 2.33. The number of nitrogens with zero attached hydrogens (tertiary/aromatic N) is 2. The van der Waals surface area contributed by atoms with Gasteiger partial charge in [-0.05, 0) is 57.4 Å². The summed E-state index contributed by atoms with van der Waals surface area (Å²) in [5.74, 6) is 1.48. The van der Waals surface area contributed by atoms with Gasteiger partial charge in [-0.15, -0.1) is 0 Å². The molecule has 4 heteroatoms. The first-order valence-corrected chi connectivity index (χ1v) is 6.52. The molecular formula is C15H21N3O. The fraction of sp³-hybridized carbons (Fsp3) is 0.400. The van der Waals surface area contributed by atoms with Crippen molar-refractivity contribution in [1.29, 1.82) is 0 Å². The summed E-state index contributed by atoms with van der Waals surface area (Å²) in [6.07, 6.45) is 0. The van der Waals surface area contributed by atoms with Gasteiger partial charge in [-0.25, -0.2) is 4.68 Å². The lowest BCUT2D eigenvalue weighted by Gasteiger charge is -2.13. The van der Waals surface area contributed by atoms with Crippen LogP contribution < -0.4 is 10.5 Å². The molecule has 102 valence electrons. The van der Waals surface area contributed by atoms with Gasteiger partial charge in [0, 0.05) is 6.54 Å². The molecule has 0 amide bonds. The zero-order valence-electron chi connectivity index (χ0n) is 12.2. The lowest BCUT2D eigenvalue weighted by atomic mass is 10.1. The minimum absolute atomic E-state index is 0.611. The highest BCUT2D eigenvalue weighted by molar-refractivity contribution is 5.55. The first-order chi connectivity index (χ1) is 8.93. The van der Waals surface area contributed by atoms with E-state index in [1.54, 1.807) is 4.68 Å². The Morgan fingerprint density at radius 2 is 1.89 bits per heavy atom. The molecule has 19 heavy (non-hydrogen) atoms. The molecule has 0 aliphatic heterocycles. The number of nitrogens with two attached hydrogens (primary N) is 1. The molecule has 0 saturated carbocycles. The molecule has 1 aromatic heterocycles. The predicted molar refractivity (Wildman–Crippen MR) is 77.8 cm³/mol. The molecule has 2 N–H and O–H groups in total. The van der Waals surface area contributed by atoms with Crippen molar-refractivity contribution < 1.29 is 4.74 Å². The Morgan fingerprint density at radius 1 is 1.21 bits per heavy atom. The van der Waals surface area contributed by atoms with Gasteiger partial charge in [-0.3, -0.25) is 0 Å². The first kappa shape index (κ1) is 13.5. The van der Waals surface area contributed by atoms with Crippen molar-refractivity contribution in [1.82, 2.24) is 9.78 Å². The molecule has 0 unspecified atom stereocenters. The monoisotopic (exact) mass is 259 g/mol. The summed E-state index contributed by atoms with van der Waals surface area (Å²) in [5, 5.41) is 4.37. The van der Waals surface area contributed by atoms with Gasteiger partial charge in [-0.2, -0.15) is 5.10 Å². The number of nitrogen functional groups attached to an aromatic ring is 1. The van der Waals surface area contributed by atoms with Gasteiger partial charge in [-0.1, -0.05) is 6.07 Å². The standard InChI is InChI=1S/C15H21N3O/c1-6-18-15(14(16)12(5)17-18)19-13-8-9(2)7-10(3)11(13)4/h7-8H,6,16H2,1-5H3. The topological polar surface area (TPSA) is 53.1 Å². The molecule has 0 saturated heterocycles. The minimum Gasteiger partial charge on any atom is -0.437 e. The third-order valence-electron chi connectivity index (χ3n) is 3.40. The molecular weight excluding hydrogens is 238 g/mol. The summed E-state index contributed by atoms with van der Waals surface area (Å²) in [4.78, 5) is 0. The Balaban J connectivity index is 2.47. The minimum atomic E-state index is 0.611. The predicted octanol–water partition coefficient (Wildman–Crippen LogP) is 3.51. The summed E-state index contributed by atoms with van der Waals surface area (Å²) in [6.45, 7) is 10.8. The van der Waals surface area contributed by atoms with Crippen LogP contribution in [-0.2, 0) is 6.54 Å². The molecule has 0 fully saturated rings. The fourth-order valence-corrected chi connectivity index (χ4v) is 2.11. The van der Waals surface area contributed by atoms with Crippen LogP contribution in [0.4, 0.5) is 5.69 Å². The largest absolute Gasteiger partial charge is 0.437 e. The molecule has 0 spiro atoms. The Bertz CT molecular complexity index is 614. The van der Waals surface area contributed by atoms with E-state index in [2.05, 4.69) is 31.9 Å².